The van der Waals surface area contributed by atoms with Crippen LogP contribution >= 0.6 is 0 Å². The number of nitrogen functional groups attached to an aromatic ring is 1. The van der Waals surface area contributed by atoms with Gasteiger partial charge in [0.05, 0.1) is 24.2 Å². The maximum absolute atomic E-state index is 6.00. The molecule has 0 bridgehead atoms. The highest BCUT2D eigenvalue weighted by Gasteiger charge is 2.07. The second-order valence-corrected chi connectivity index (χ2v) is 4.37. The minimum absolute atomic E-state index is 0.735. The number of hydrogen-bond donors (Lipinski definition) is 2. The molecule has 94 valence electrons. The van der Waals surface area contributed by atoms with Crippen molar-refractivity contribution >= 4 is 17.1 Å². The molecule has 0 aliphatic rings. The van der Waals surface area contributed by atoms with Crippen molar-refractivity contribution in [2.45, 2.75) is 13.8 Å². The molecule has 18 heavy (non-hydrogen) atoms. The Morgan fingerprint density at radius 2 is 1.89 bits per heavy atom. The van der Waals surface area contributed by atoms with Crippen molar-refractivity contribution in [2.75, 3.05) is 18.2 Å². The summed E-state index contributed by atoms with van der Waals surface area (Å²) in [4.78, 5) is 0. The van der Waals surface area contributed by atoms with Gasteiger partial charge < -0.3 is 15.8 Å². The first-order valence-corrected chi connectivity index (χ1v) is 5.88. The first-order chi connectivity index (χ1) is 8.61. The molecule has 3 nitrogen and oxygen atoms in total. The molecule has 0 saturated carbocycles. The van der Waals surface area contributed by atoms with Crippen molar-refractivity contribution in [3.8, 4) is 5.75 Å². The fourth-order valence-corrected chi connectivity index (χ4v) is 1.92. The Morgan fingerprint density at radius 1 is 1.11 bits per heavy atom. The van der Waals surface area contributed by atoms with Gasteiger partial charge in [0.2, 0.25) is 0 Å². The van der Waals surface area contributed by atoms with E-state index < -0.39 is 0 Å². The number of anilines is 3. The predicted molar refractivity (Wildman–Crippen MR) is 76.6 cm³/mol. The van der Waals surface area contributed by atoms with E-state index in [1.807, 2.05) is 50.2 Å². The summed E-state index contributed by atoms with van der Waals surface area (Å²) in [7, 11) is 1.66. The van der Waals surface area contributed by atoms with Crippen LogP contribution in [0.5, 0.6) is 5.75 Å². The van der Waals surface area contributed by atoms with E-state index in [0.29, 0.717) is 0 Å². The van der Waals surface area contributed by atoms with E-state index in [9.17, 15) is 0 Å². The zero-order valence-corrected chi connectivity index (χ0v) is 10.9. The molecule has 2 aromatic rings. The summed E-state index contributed by atoms with van der Waals surface area (Å²) in [5, 5.41) is 3.35. The number of benzene rings is 2. The molecule has 0 amide bonds. The van der Waals surface area contributed by atoms with E-state index in [0.717, 1.165) is 28.4 Å². The summed E-state index contributed by atoms with van der Waals surface area (Å²) < 4.78 is 5.35. The molecule has 0 spiro atoms. The zero-order chi connectivity index (χ0) is 13.1. The molecule has 0 aromatic heterocycles. The second-order valence-electron chi connectivity index (χ2n) is 4.37. The molecule has 0 unspecified atom stereocenters. The van der Waals surface area contributed by atoms with E-state index >= 15 is 0 Å². The average Bonchev–Trinajstić information content (AvgIpc) is 2.34. The van der Waals surface area contributed by atoms with Crippen molar-refractivity contribution < 1.29 is 4.74 Å². The van der Waals surface area contributed by atoms with Crippen LogP contribution in [-0.2, 0) is 0 Å². The van der Waals surface area contributed by atoms with Crippen LogP contribution in [0.15, 0.2) is 36.4 Å². The van der Waals surface area contributed by atoms with Gasteiger partial charge in [0.1, 0.15) is 5.75 Å². The van der Waals surface area contributed by atoms with Gasteiger partial charge in [0, 0.05) is 0 Å². The molecule has 0 heterocycles. The summed E-state index contributed by atoms with van der Waals surface area (Å²) in [5.74, 6) is 0.809. The summed E-state index contributed by atoms with van der Waals surface area (Å²) in [6, 6.07) is 11.9. The van der Waals surface area contributed by atoms with Gasteiger partial charge >= 0.3 is 0 Å². The molecular weight excluding hydrogens is 224 g/mol. The van der Waals surface area contributed by atoms with E-state index in [1.165, 1.54) is 5.56 Å². The van der Waals surface area contributed by atoms with Crippen LogP contribution in [0, 0.1) is 13.8 Å². The first-order valence-electron chi connectivity index (χ1n) is 5.88. The van der Waals surface area contributed by atoms with Gasteiger partial charge in [-0.2, -0.15) is 0 Å². The predicted octanol–water partition coefficient (Wildman–Crippen LogP) is 3.64. The van der Waals surface area contributed by atoms with E-state index in [4.69, 9.17) is 10.5 Å². The standard InChI is InChI=1S/C15H18N2O/c1-10-7-8-14(18-3)13(9-10)17-15-11(2)5-4-6-12(15)16/h4-9,17H,16H2,1-3H3. The minimum Gasteiger partial charge on any atom is -0.495 e. The van der Waals surface area contributed by atoms with Gasteiger partial charge in [-0.15, -0.1) is 0 Å². The highest BCUT2D eigenvalue weighted by molar-refractivity contribution is 5.78. The maximum Gasteiger partial charge on any atom is 0.142 e. The number of aryl methyl sites for hydroxylation is 2. The molecule has 0 fully saturated rings. The second kappa shape index (κ2) is 5.00. The van der Waals surface area contributed by atoms with E-state index in [-0.39, 0.29) is 0 Å². The van der Waals surface area contributed by atoms with Crippen LogP contribution in [0.2, 0.25) is 0 Å². The molecule has 0 radical (unpaired) electrons. The molecule has 0 aliphatic carbocycles. The fourth-order valence-electron chi connectivity index (χ4n) is 1.92. The van der Waals surface area contributed by atoms with Crippen LogP contribution in [-0.4, -0.2) is 7.11 Å². The molecule has 2 rings (SSSR count). The Kier molecular flexibility index (Phi) is 3.42. The zero-order valence-electron chi connectivity index (χ0n) is 10.9. The van der Waals surface area contributed by atoms with Crippen molar-refractivity contribution in [2.24, 2.45) is 0 Å². The summed E-state index contributed by atoms with van der Waals surface area (Å²) in [6.07, 6.45) is 0. The molecule has 3 heteroatoms. The molecular formula is C15H18N2O. The van der Waals surface area contributed by atoms with Crippen molar-refractivity contribution in [3.05, 3.63) is 47.5 Å². The van der Waals surface area contributed by atoms with Crippen molar-refractivity contribution in [1.29, 1.82) is 0 Å². The molecule has 2 aromatic carbocycles. The number of rotatable bonds is 3. The van der Waals surface area contributed by atoms with Gasteiger partial charge in [-0.05, 0) is 43.2 Å². The largest absolute Gasteiger partial charge is 0.495 e. The van der Waals surface area contributed by atoms with Crippen LogP contribution < -0.4 is 15.8 Å². The van der Waals surface area contributed by atoms with Gasteiger partial charge in [-0.25, -0.2) is 0 Å². The quantitative estimate of drug-likeness (QED) is 0.808. The van der Waals surface area contributed by atoms with Gasteiger partial charge in [-0.3, -0.25) is 0 Å². The SMILES string of the molecule is COc1ccc(C)cc1Nc1c(C)cccc1N. The third-order valence-corrected chi connectivity index (χ3v) is 2.92. The highest BCUT2D eigenvalue weighted by atomic mass is 16.5. The lowest BCUT2D eigenvalue weighted by molar-refractivity contribution is 0.416. The number of ether oxygens (including phenoxy) is 1. The van der Waals surface area contributed by atoms with E-state index in [2.05, 4.69) is 5.32 Å². The Balaban J connectivity index is 2.42. The highest BCUT2D eigenvalue weighted by Crippen LogP contribution is 2.32. The van der Waals surface area contributed by atoms with Crippen molar-refractivity contribution in [3.63, 3.8) is 0 Å². The number of hydrogen-bond acceptors (Lipinski definition) is 3. The Bertz CT molecular complexity index is 544. The number of para-hydroxylation sites is 1. The molecule has 0 atom stereocenters. The Labute approximate surface area is 108 Å². The van der Waals surface area contributed by atoms with Gasteiger partial charge in [0.15, 0.2) is 0 Å². The van der Waals surface area contributed by atoms with Crippen molar-refractivity contribution in [1.82, 2.24) is 0 Å². The monoisotopic (exact) mass is 242 g/mol. The van der Waals surface area contributed by atoms with Gasteiger partial charge in [-0.1, -0.05) is 18.2 Å². The summed E-state index contributed by atoms with van der Waals surface area (Å²) in [6.45, 7) is 4.08. The summed E-state index contributed by atoms with van der Waals surface area (Å²) in [5.41, 5.74) is 10.9. The minimum atomic E-state index is 0.735. The fraction of sp³-hybridized carbons (Fsp3) is 0.200. The third kappa shape index (κ3) is 2.40. The molecule has 0 saturated heterocycles. The lowest BCUT2D eigenvalue weighted by Crippen LogP contribution is -2.00. The average molecular weight is 242 g/mol. The Morgan fingerprint density at radius 3 is 2.56 bits per heavy atom. The van der Waals surface area contributed by atoms with Gasteiger partial charge in [0.25, 0.3) is 0 Å². The normalized spacial score (nSPS) is 10.2. The topological polar surface area (TPSA) is 47.3 Å². The molecule has 0 aliphatic heterocycles. The third-order valence-electron chi connectivity index (χ3n) is 2.92. The first kappa shape index (κ1) is 12.3. The summed E-state index contributed by atoms with van der Waals surface area (Å²) >= 11 is 0. The number of nitrogens with two attached hydrogens (primary N) is 1. The number of nitrogens with one attached hydrogen (secondary N) is 1. The maximum atomic E-state index is 6.00. The lowest BCUT2D eigenvalue weighted by Gasteiger charge is -2.15. The molecule has 3 N–H and O–H groups in total. The van der Waals surface area contributed by atoms with E-state index in [1.54, 1.807) is 7.11 Å². The Hall–Kier alpha value is -2.16. The van der Waals surface area contributed by atoms with Crippen LogP contribution in [0.25, 0.3) is 0 Å². The van der Waals surface area contributed by atoms with Crippen LogP contribution in [0.1, 0.15) is 11.1 Å². The smallest absolute Gasteiger partial charge is 0.142 e. The van der Waals surface area contributed by atoms with Crippen LogP contribution in [0.4, 0.5) is 17.1 Å². The number of methoxy groups -OCH3 is 1. The lowest BCUT2D eigenvalue weighted by atomic mass is 10.1. The van der Waals surface area contributed by atoms with Crippen LogP contribution in [0.3, 0.4) is 0 Å².